The molecule has 0 bridgehead atoms. The monoisotopic (exact) mass is 515 g/mol. The molecule has 1 atom stereocenters. The van der Waals surface area contributed by atoms with Crippen molar-refractivity contribution in [2.75, 3.05) is 0 Å². The highest BCUT2D eigenvalue weighted by molar-refractivity contribution is 6.02. The fourth-order valence-electron chi connectivity index (χ4n) is 4.06. The summed E-state index contributed by atoms with van der Waals surface area (Å²) in [4.78, 5) is 39.4. The van der Waals surface area contributed by atoms with Crippen molar-refractivity contribution < 1.29 is 23.9 Å². The van der Waals surface area contributed by atoms with E-state index in [-0.39, 0.29) is 22.8 Å². The molecular formula is C32H37NO5. The molecule has 200 valence electrons. The van der Waals surface area contributed by atoms with Crippen molar-refractivity contribution >= 4 is 17.7 Å². The zero-order chi connectivity index (χ0) is 28.2. The molecule has 1 unspecified atom stereocenters. The summed E-state index contributed by atoms with van der Waals surface area (Å²) in [7, 11) is 0. The Kier molecular flexibility index (Phi) is 8.89. The molecule has 0 saturated heterocycles. The Balaban J connectivity index is 2.00. The number of nitrogens with two attached hydrogens (primary N) is 1. The third-order valence-corrected chi connectivity index (χ3v) is 6.69. The van der Waals surface area contributed by atoms with Gasteiger partial charge in [-0.15, -0.1) is 0 Å². The van der Waals surface area contributed by atoms with E-state index >= 15 is 0 Å². The highest BCUT2D eigenvalue weighted by atomic mass is 16.6. The minimum absolute atomic E-state index is 0.0305. The fraction of sp³-hybridized carbons (Fsp3) is 0.344. The largest absolute Gasteiger partial charge is 0.419 e. The predicted molar refractivity (Wildman–Crippen MR) is 149 cm³/mol. The van der Waals surface area contributed by atoms with Crippen LogP contribution in [0.5, 0.6) is 11.5 Å². The number of hydrogen-bond donors (Lipinski definition) is 1. The number of esters is 2. The molecule has 0 fully saturated rings. The second kappa shape index (κ2) is 11.7. The van der Waals surface area contributed by atoms with Crippen LogP contribution in [0.1, 0.15) is 87.9 Å². The Bertz CT molecular complexity index is 1370. The summed E-state index contributed by atoms with van der Waals surface area (Å²) < 4.78 is 11.4. The normalized spacial score (nSPS) is 12.1. The van der Waals surface area contributed by atoms with Crippen LogP contribution in [-0.4, -0.2) is 23.8 Å². The summed E-state index contributed by atoms with van der Waals surface area (Å²) in [5.41, 5.74) is 10.5. The smallest absolute Gasteiger partial charge is 0.343 e. The van der Waals surface area contributed by atoms with Crippen LogP contribution in [0.3, 0.4) is 0 Å². The van der Waals surface area contributed by atoms with E-state index in [0.29, 0.717) is 11.1 Å². The summed E-state index contributed by atoms with van der Waals surface area (Å²) in [6.45, 7) is 13.4. The summed E-state index contributed by atoms with van der Waals surface area (Å²) in [5.74, 6) is -1.50. The van der Waals surface area contributed by atoms with Gasteiger partial charge in [-0.1, -0.05) is 58.9 Å². The topological polar surface area (TPSA) is 95.7 Å². The molecule has 0 radical (unpaired) electrons. The molecule has 0 aliphatic rings. The second-order valence-electron chi connectivity index (χ2n) is 10.7. The van der Waals surface area contributed by atoms with Gasteiger partial charge in [0.05, 0.1) is 17.2 Å². The molecular weight excluding hydrogens is 478 g/mol. The molecule has 3 aromatic rings. The number of benzene rings is 3. The van der Waals surface area contributed by atoms with Crippen molar-refractivity contribution in [3.8, 4) is 11.5 Å². The molecule has 0 saturated carbocycles. The maximum atomic E-state index is 13.2. The maximum Gasteiger partial charge on any atom is 0.343 e. The van der Waals surface area contributed by atoms with Gasteiger partial charge in [0.15, 0.2) is 17.3 Å². The molecule has 6 heteroatoms. The number of aryl methyl sites for hydroxylation is 4. The van der Waals surface area contributed by atoms with E-state index < -0.39 is 23.4 Å². The van der Waals surface area contributed by atoms with Crippen LogP contribution >= 0.6 is 0 Å². The highest BCUT2D eigenvalue weighted by Gasteiger charge is 2.29. The van der Waals surface area contributed by atoms with Crippen LogP contribution in [0.4, 0.5) is 0 Å². The summed E-state index contributed by atoms with van der Waals surface area (Å²) in [6.07, 6.45) is 1.69. The Hall–Kier alpha value is -3.77. The zero-order valence-electron chi connectivity index (χ0n) is 23.3. The van der Waals surface area contributed by atoms with Gasteiger partial charge in [-0.25, -0.2) is 9.59 Å². The number of Topliss-reactive ketones (excluding diaryl/α,β-unsaturated/α-hetero) is 1. The van der Waals surface area contributed by atoms with Crippen LogP contribution < -0.4 is 15.2 Å². The lowest BCUT2D eigenvalue weighted by Gasteiger charge is -2.26. The summed E-state index contributed by atoms with van der Waals surface area (Å²) >= 11 is 0. The molecule has 0 spiro atoms. The number of rotatable bonds is 8. The maximum absolute atomic E-state index is 13.2. The van der Waals surface area contributed by atoms with Crippen molar-refractivity contribution in [1.82, 2.24) is 0 Å². The van der Waals surface area contributed by atoms with E-state index in [4.69, 9.17) is 15.2 Å². The Morgan fingerprint density at radius 2 is 1.21 bits per heavy atom. The molecule has 2 N–H and O–H groups in total. The van der Waals surface area contributed by atoms with Crippen LogP contribution in [0.15, 0.2) is 54.6 Å². The van der Waals surface area contributed by atoms with Gasteiger partial charge in [0.25, 0.3) is 0 Å². The van der Waals surface area contributed by atoms with Crippen molar-refractivity contribution in [3.63, 3.8) is 0 Å². The van der Waals surface area contributed by atoms with Gasteiger partial charge in [0, 0.05) is 5.56 Å². The lowest BCUT2D eigenvalue weighted by Crippen LogP contribution is -2.42. The lowest BCUT2D eigenvalue weighted by molar-refractivity contribution is 0.0681. The molecule has 6 nitrogen and oxygen atoms in total. The SMILES string of the molecule is CCc1ccc(C(=O)Oc2ccc(C(=O)C(N)C(C)(C)C)cc2OC(=O)c2ccc(CC)cc2C)c(C)c1. The first-order chi connectivity index (χ1) is 17.8. The van der Waals surface area contributed by atoms with Gasteiger partial charge in [0.1, 0.15) is 0 Å². The molecule has 3 aromatic carbocycles. The van der Waals surface area contributed by atoms with E-state index in [1.165, 1.54) is 18.2 Å². The molecule has 38 heavy (non-hydrogen) atoms. The zero-order valence-corrected chi connectivity index (χ0v) is 23.3. The summed E-state index contributed by atoms with van der Waals surface area (Å²) in [6, 6.07) is 14.7. The first kappa shape index (κ1) is 28.8. The number of carbonyl (C=O) groups is 3. The van der Waals surface area contributed by atoms with Crippen LogP contribution in [0, 0.1) is 19.3 Å². The van der Waals surface area contributed by atoms with Crippen molar-refractivity contribution in [1.29, 1.82) is 0 Å². The standard InChI is InChI=1S/C32H37NO5/c1-8-21-10-13-24(19(3)16-21)30(35)37-26-15-12-23(28(34)29(33)32(5,6)7)18-27(26)38-31(36)25-14-11-22(9-2)17-20(25)4/h10-18,29H,8-9,33H2,1-7H3. The molecule has 0 heterocycles. The molecule has 0 amide bonds. The van der Waals surface area contributed by atoms with E-state index in [9.17, 15) is 14.4 Å². The predicted octanol–water partition coefficient (Wildman–Crippen LogP) is 6.42. The van der Waals surface area contributed by atoms with Gasteiger partial charge in [-0.05, 0) is 84.7 Å². The third kappa shape index (κ3) is 6.56. The Morgan fingerprint density at radius 3 is 1.63 bits per heavy atom. The van der Waals surface area contributed by atoms with Crippen LogP contribution in [-0.2, 0) is 12.8 Å². The van der Waals surface area contributed by atoms with Gasteiger partial charge in [-0.3, -0.25) is 4.79 Å². The first-order valence-corrected chi connectivity index (χ1v) is 12.9. The van der Waals surface area contributed by atoms with E-state index in [0.717, 1.165) is 35.1 Å². The molecule has 0 aliphatic carbocycles. The van der Waals surface area contributed by atoms with E-state index in [1.54, 1.807) is 12.1 Å². The van der Waals surface area contributed by atoms with Gasteiger partial charge in [0.2, 0.25) is 0 Å². The van der Waals surface area contributed by atoms with Crippen molar-refractivity contribution in [2.45, 2.75) is 67.3 Å². The van der Waals surface area contributed by atoms with E-state index in [1.807, 2.05) is 72.7 Å². The van der Waals surface area contributed by atoms with Gasteiger partial charge < -0.3 is 15.2 Å². The average Bonchev–Trinajstić information content (AvgIpc) is 2.87. The number of hydrogen-bond acceptors (Lipinski definition) is 6. The Labute approximate surface area is 225 Å². The van der Waals surface area contributed by atoms with Crippen molar-refractivity contribution in [3.05, 3.63) is 93.5 Å². The molecule has 0 aliphatic heterocycles. The third-order valence-electron chi connectivity index (χ3n) is 6.69. The minimum Gasteiger partial charge on any atom is -0.419 e. The van der Waals surface area contributed by atoms with E-state index in [2.05, 4.69) is 0 Å². The average molecular weight is 516 g/mol. The number of ketones is 1. The Morgan fingerprint density at radius 1 is 0.737 bits per heavy atom. The van der Waals surface area contributed by atoms with Gasteiger partial charge >= 0.3 is 11.9 Å². The molecule has 0 aromatic heterocycles. The van der Waals surface area contributed by atoms with Crippen LogP contribution in [0.25, 0.3) is 0 Å². The quantitative estimate of drug-likeness (QED) is 0.211. The lowest BCUT2D eigenvalue weighted by atomic mass is 9.83. The minimum atomic E-state index is -0.775. The highest BCUT2D eigenvalue weighted by Crippen LogP contribution is 2.32. The fourth-order valence-corrected chi connectivity index (χ4v) is 4.06. The van der Waals surface area contributed by atoms with Crippen molar-refractivity contribution in [2.24, 2.45) is 11.1 Å². The number of ether oxygens (including phenoxy) is 2. The van der Waals surface area contributed by atoms with Crippen LogP contribution in [0.2, 0.25) is 0 Å². The molecule has 3 rings (SSSR count). The van der Waals surface area contributed by atoms with Gasteiger partial charge in [-0.2, -0.15) is 0 Å². The second-order valence-corrected chi connectivity index (χ2v) is 10.7. The summed E-state index contributed by atoms with van der Waals surface area (Å²) in [5, 5.41) is 0. The first-order valence-electron chi connectivity index (χ1n) is 12.9. The number of carbonyl (C=O) groups excluding carboxylic acids is 3.